The van der Waals surface area contributed by atoms with Gasteiger partial charge in [-0.15, -0.1) is 0 Å². The zero-order valence-corrected chi connectivity index (χ0v) is 15.5. The topological polar surface area (TPSA) is 32.8 Å². The van der Waals surface area contributed by atoms with E-state index in [1.807, 2.05) is 24.3 Å². The molecule has 2 aliphatic heterocycles. The summed E-state index contributed by atoms with van der Waals surface area (Å²) in [5.74, 6) is -1.69. The quantitative estimate of drug-likeness (QED) is 0.737. The van der Waals surface area contributed by atoms with E-state index < -0.39 is 11.6 Å². The predicted molar refractivity (Wildman–Crippen MR) is 99.6 cm³/mol. The van der Waals surface area contributed by atoms with E-state index in [1.54, 1.807) is 12.0 Å². The van der Waals surface area contributed by atoms with E-state index in [2.05, 4.69) is 4.90 Å². The van der Waals surface area contributed by atoms with E-state index in [0.717, 1.165) is 36.4 Å². The van der Waals surface area contributed by atoms with E-state index >= 15 is 0 Å². The fourth-order valence-electron chi connectivity index (χ4n) is 4.16. The Hall–Kier alpha value is -2.34. The van der Waals surface area contributed by atoms with Gasteiger partial charge in [-0.3, -0.25) is 4.79 Å². The van der Waals surface area contributed by atoms with Crippen LogP contribution in [0.1, 0.15) is 23.2 Å². The summed E-state index contributed by atoms with van der Waals surface area (Å²) < 4.78 is 32.4. The van der Waals surface area contributed by atoms with E-state index in [9.17, 15) is 13.6 Å². The molecule has 0 radical (unpaired) electrons. The van der Waals surface area contributed by atoms with Crippen molar-refractivity contribution in [2.45, 2.75) is 24.9 Å². The van der Waals surface area contributed by atoms with Gasteiger partial charge < -0.3 is 14.5 Å². The number of rotatable bonds is 3. The highest BCUT2D eigenvalue weighted by Crippen LogP contribution is 2.40. The number of para-hydroxylation sites is 2. The number of carbonyl (C=O) groups is 1. The summed E-state index contributed by atoms with van der Waals surface area (Å²) >= 11 is 5.99. The minimum atomic E-state index is -1.07. The second kappa shape index (κ2) is 7.00. The van der Waals surface area contributed by atoms with Crippen LogP contribution in [0, 0.1) is 11.6 Å². The molecule has 2 unspecified atom stereocenters. The van der Waals surface area contributed by atoms with Gasteiger partial charge >= 0.3 is 0 Å². The third kappa shape index (κ3) is 3.12. The van der Waals surface area contributed by atoms with Crippen molar-refractivity contribution in [1.82, 2.24) is 4.90 Å². The zero-order valence-electron chi connectivity index (χ0n) is 14.8. The highest BCUT2D eigenvalue weighted by molar-refractivity contribution is 6.33. The number of hydrogen-bond donors (Lipinski definition) is 0. The summed E-state index contributed by atoms with van der Waals surface area (Å²) in [6, 6.07) is 9.87. The maximum absolute atomic E-state index is 13.6. The number of methoxy groups -OCH3 is 1. The summed E-state index contributed by atoms with van der Waals surface area (Å²) in [4.78, 5) is 16.9. The van der Waals surface area contributed by atoms with Crippen LogP contribution in [0.4, 0.5) is 14.5 Å². The van der Waals surface area contributed by atoms with Gasteiger partial charge in [-0.2, -0.15) is 0 Å². The van der Waals surface area contributed by atoms with Gasteiger partial charge in [-0.05, 0) is 37.1 Å². The molecule has 2 heterocycles. The molecule has 2 saturated heterocycles. The molecular formula is C20H19ClF2N2O2. The number of fused-ring (bicyclic) bond motifs is 2. The summed E-state index contributed by atoms with van der Waals surface area (Å²) in [7, 11) is 1.64. The maximum atomic E-state index is 13.6. The van der Waals surface area contributed by atoms with Crippen molar-refractivity contribution in [1.29, 1.82) is 0 Å². The summed E-state index contributed by atoms with van der Waals surface area (Å²) in [5.41, 5.74) is 1.02. The highest BCUT2D eigenvalue weighted by Gasteiger charge is 2.42. The number of hydrogen-bond acceptors (Lipinski definition) is 3. The molecule has 0 aromatic heterocycles. The van der Waals surface area contributed by atoms with Gasteiger partial charge in [0.05, 0.1) is 23.4 Å². The van der Waals surface area contributed by atoms with Crippen molar-refractivity contribution < 1.29 is 18.3 Å². The van der Waals surface area contributed by atoms with E-state index in [0.29, 0.717) is 13.1 Å². The van der Waals surface area contributed by atoms with Gasteiger partial charge in [-0.25, -0.2) is 8.78 Å². The molecule has 1 amide bonds. The van der Waals surface area contributed by atoms with Crippen molar-refractivity contribution in [3.63, 3.8) is 0 Å². The van der Waals surface area contributed by atoms with E-state index in [1.165, 1.54) is 0 Å². The first kappa shape index (κ1) is 18.0. The van der Waals surface area contributed by atoms with Crippen LogP contribution in [0.25, 0.3) is 0 Å². The summed E-state index contributed by atoms with van der Waals surface area (Å²) in [6.45, 7) is 1.01. The molecule has 0 saturated carbocycles. The largest absolute Gasteiger partial charge is 0.495 e. The Balaban J connectivity index is 1.59. The first-order valence-electron chi connectivity index (χ1n) is 8.84. The van der Waals surface area contributed by atoms with Crippen LogP contribution in [0.2, 0.25) is 5.02 Å². The van der Waals surface area contributed by atoms with Gasteiger partial charge in [-0.1, -0.05) is 23.7 Å². The number of nitrogens with zero attached hydrogens (tertiary/aromatic N) is 2. The van der Waals surface area contributed by atoms with Crippen LogP contribution in [0.15, 0.2) is 36.4 Å². The lowest BCUT2D eigenvalue weighted by Crippen LogP contribution is -2.55. The second-order valence-corrected chi connectivity index (χ2v) is 7.33. The summed E-state index contributed by atoms with van der Waals surface area (Å²) in [6.07, 6.45) is 1.91. The number of piperazine rings is 1. The molecule has 2 aliphatic rings. The molecule has 4 nitrogen and oxygen atoms in total. The maximum Gasteiger partial charge on any atom is 0.255 e. The molecule has 2 atom stereocenters. The van der Waals surface area contributed by atoms with E-state index in [4.69, 9.17) is 16.3 Å². The van der Waals surface area contributed by atoms with Crippen molar-refractivity contribution >= 4 is 23.2 Å². The molecule has 2 aromatic rings. The fourth-order valence-corrected chi connectivity index (χ4v) is 4.39. The number of likely N-dealkylation sites (tertiary alicyclic amines) is 1. The Morgan fingerprint density at radius 1 is 1.11 bits per heavy atom. The summed E-state index contributed by atoms with van der Waals surface area (Å²) in [5, 5.41) is -0.0709. The lowest BCUT2D eigenvalue weighted by atomic mass is 10.1. The van der Waals surface area contributed by atoms with Gasteiger partial charge in [0.1, 0.15) is 5.75 Å². The minimum Gasteiger partial charge on any atom is -0.495 e. The van der Waals surface area contributed by atoms with Crippen molar-refractivity contribution in [2.24, 2.45) is 0 Å². The Morgan fingerprint density at radius 2 is 1.74 bits per heavy atom. The minimum absolute atomic E-state index is 0.000656. The Bertz CT molecular complexity index is 878. The molecule has 0 aliphatic carbocycles. The smallest absolute Gasteiger partial charge is 0.255 e. The molecule has 142 valence electrons. The molecule has 4 rings (SSSR count). The van der Waals surface area contributed by atoms with Crippen molar-refractivity contribution in [2.75, 3.05) is 25.1 Å². The number of amides is 1. The molecule has 2 fully saturated rings. The molecule has 7 heteroatoms. The molecule has 2 bridgehead atoms. The van der Waals surface area contributed by atoms with Crippen LogP contribution in [0.3, 0.4) is 0 Å². The molecule has 0 spiro atoms. The number of halogens is 3. The van der Waals surface area contributed by atoms with Gasteiger partial charge in [0.2, 0.25) is 0 Å². The monoisotopic (exact) mass is 392 g/mol. The molecule has 0 N–H and O–H groups in total. The van der Waals surface area contributed by atoms with Gasteiger partial charge in [0.15, 0.2) is 11.6 Å². The Labute approximate surface area is 161 Å². The lowest BCUT2D eigenvalue weighted by Gasteiger charge is -2.43. The van der Waals surface area contributed by atoms with E-state index in [-0.39, 0.29) is 28.6 Å². The number of anilines is 1. The number of ether oxygens (including phenoxy) is 1. The Morgan fingerprint density at radius 3 is 2.41 bits per heavy atom. The van der Waals surface area contributed by atoms with Crippen LogP contribution in [0.5, 0.6) is 5.75 Å². The Kier molecular flexibility index (Phi) is 4.68. The normalized spacial score (nSPS) is 21.5. The molecular weight excluding hydrogens is 374 g/mol. The fraction of sp³-hybridized carbons (Fsp3) is 0.350. The average Bonchev–Trinajstić information content (AvgIpc) is 2.93. The first-order chi connectivity index (χ1) is 13.0. The highest BCUT2D eigenvalue weighted by atomic mass is 35.5. The molecule has 27 heavy (non-hydrogen) atoms. The zero-order chi connectivity index (χ0) is 19.1. The third-order valence-electron chi connectivity index (χ3n) is 5.37. The number of carbonyl (C=O) groups excluding carboxylic acids is 1. The lowest BCUT2D eigenvalue weighted by molar-refractivity contribution is 0.0717. The predicted octanol–water partition coefficient (Wildman–Crippen LogP) is 4.12. The number of benzene rings is 2. The van der Waals surface area contributed by atoms with Crippen LogP contribution >= 0.6 is 11.6 Å². The van der Waals surface area contributed by atoms with Gasteiger partial charge in [0.25, 0.3) is 5.91 Å². The average molecular weight is 393 g/mol. The van der Waals surface area contributed by atoms with Gasteiger partial charge in [0, 0.05) is 25.2 Å². The van der Waals surface area contributed by atoms with Crippen LogP contribution in [-0.4, -0.2) is 43.1 Å². The SMILES string of the molecule is COc1ccccc1N1C2CCC1CN(C(=O)c1cc(F)c(F)cc1Cl)C2. The first-order valence-corrected chi connectivity index (χ1v) is 9.22. The van der Waals surface area contributed by atoms with Crippen molar-refractivity contribution in [3.05, 3.63) is 58.6 Å². The standard InChI is InChI=1S/C20H19ClF2N2O2/c1-27-19-5-3-2-4-18(19)25-12-6-7-13(25)11-24(10-12)20(26)14-8-16(22)17(23)9-15(14)21/h2-5,8-9,12-13H,6-7,10-11H2,1H3. The second-order valence-electron chi connectivity index (χ2n) is 6.92. The van der Waals surface area contributed by atoms with Crippen LogP contribution < -0.4 is 9.64 Å². The third-order valence-corrected chi connectivity index (χ3v) is 5.69. The molecule has 2 aromatic carbocycles. The van der Waals surface area contributed by atoms with Crippen molar-refractivity contribution in [3.8, 4) is 5.75 Å². The van der Waals surface area contributed by atoms with Crippen LogP contribution in [-0.2, 0) is 0 Å².